The SMILES string of the molecule is N#Cc1ccccc1NC(=O)C1(C(=O)NCCc2c[nH]c3ccccc23)CC1. The van der Waals surface area contributed by atoms with E-state index in [4.69, 9.17) is 5.26 Å². The summed E-state index contributed by atoms with van der Waals surface area (Å²) in [5.74, 6) is -0.598. The topological polar surface area (TPSA) is 97.8 Å². The van der Waals surface area contributed by atoms with Crippen LogP contribution >= 0.6 is 0 Å². The van der Waals surface area contributed by atoms with Gasteiger partial charge in [0, 0.05) is 23.6 Å². The summed E-state index contributed by atoms with van der Waals surface area (Å²) in [5, 5.41) is 16.0. The third-order valence-corrected chi connectivity index (χ3v) is 5.27. The van der Waals surface area contributed by atoms with Crippen LogP contribution in [0, 0.1) is 16.7 Å². The standard InChI is InChI=1S/C22H20N4O2/c23-13-15-5-1-3-7-18(15)26-21(28)22(10-11-22)20(27)24-12-9-16-14-25-19-8-4-2-6-17(16)19/h1-8,14,25H,9-12H2,(H,24,27)(H,26,28). The van der Waals surface area contributed by atoms with Crippen LogP contribution in [0.25, 0.3) is 10.9 Å². The van der Waals surface area contributed by atoms with Crippen LogP contribution in [0.5, 0.6) is 0 Å². The maximum atomic E-state index is 12.7. The number of rotatable bonds is 6. The number of H-pyrrole nitrogens is 1. The Bertz CT molecular complexity index is 1090. The Morgan fingerprint density at radius 2 is 1.82 bits per heavy atom. The fourth-order valence-electron chi connectivity index (χ4n) is 3.43. The molecule has 0 spiro atoms. The molecule has 140 valence electrons. The molecule has 0 atom stereocenters. The largest absolute Gasteiger partial charge is 0.361 e. The smallest absolute Gasteiger partial charge is 0.240 e. The predicted molar refractivity (Wildman–Crippen MR) is 106 cm³/mol. The summed E-state index contributed by atoms with van der Waals surface area (Å²) in [4.78, 5) is 28.6. The van der Waals surface area contributed by atoms with Gasteiger partial charge in [-0.15, -0.1) is 0 Å². The normalized spacial score (nSPS) is 14.2. The molecule has 0 aliphatic heterocycles. The number of aromatic amines is 1. The summed E-state index contributed by atoms with van der Waals surface area (Å²) in [6, 6.07) is 16.9. The molecular formula is C22H20N4O2. The van der Waals surface area contributed by atoms with Crippen molar-refractivity contribution in [3.8, 4) is 6.07 Å². The second-order valence-corrected chi connectivity index (χ2v) is 7.06. The second kappa shape index (κ2) is 7.20. The number of amides is 2. The molecule has 2 amide bonds. The van der Waals surface area contributed by atoms with Crippen molar-refractivity contribution in [3.63, 3.8) is 0 Å². The summed E-state index contributed by atoms with van der Waals surface area (Å²) < 4.78 is 0. The molecule has 6 nitrogen and oxygen atoms in total. The van der Waals surface area contributed by atoms with Crippen molar-refractivity contribution in [3.05, 3.63) is 65.9 Å². The van der Waals surface area contributed by atoms with E-state index in [1.54, 1.807) is 24.3 Å². The van der Waals surface area contributed by atoms with Crippen LogP contribution in [0.1, 0.15) is 24.0 Å². The summed E-state index contributed by atoms with van der Waals surface area (Å²) in [5.41, 5.74) is 1.99. The van der Waals surface area contributed by atoms with Crippen molar-refractivity contribution in [2.45, 2.75) is 19.3 Å². The van der Waals surface area contributed by atoms with Gasteiger partial charge in [-0.1, -0.05) is 30.3 Å². The molecule has 1 saturated carbocycles. The maximum Gasteiger partial charge on any atom is 0.240 e. The van der Waals surface area contributed by atoms with Gasteiger partial charge in [0.05, 0.1) is 11.3 Å². The molecule has 4 rings (SSSR count). The molecule has 0 bridgehead atoms. The van der Waals surface area contributed by atoms with Crippen LogP contribution < -0.4 is 10.6 Å². The fourth-order valence-corrected chi connectivity index (χ4v) is 3.43. The number of nitrogens with zero attached hydrogens (tertiary/aromatic N) is 1. The number of anilines is 1. The molecule has 6 heteroatoms. The number of fused-ring (bicyclic) bond motifs is 1. The first-order valence-electron chi connectivity index (χ1n) is 9.28. The second-order valence-electron chi connectivity index (χ2n) is 7.06. The molecule has 0 unspecified atom stereocenters. The molecule has 1 aromatic heterocycles. The zero-order valence-corrected chi connectivity index (χ0v) is 15.3. The number of aromatic nitrogens is 1. The van der Waals surface area contributed by atoms with Crippen LogP contribution in [0.3, 0.4) is 0 Å². The van der Waals surface area contributed by atoms with E-state index < -0.39 is 5.41 Å². The third-order valence-electron chi connectivity index (χ3n) is 5.27. The minimum atomic E-state index is -1.03. The van der Waals surface area contributed by atoms with Gasteiger partial charge >= 0.3 is 0 Å². The summed E-state index contributed by atoms with van der Waals surface area (Å²) in [6.07, 6.45) is 3.68. The maximum absolute atomic E-state index is 12.7. The van der Waals surface area contributed by atoms with Crippen molar-refractivity contribution in [1.82, 2.24) is 10.3 Å². The summed E-state index contributed by atoms with van der Waals surface area (Å²) in [7, 11) is 0. The van der Waals surface area contributed by atoms with Crippen LogP contribution in [-0.2, 0) is 16.0 Å². The Hall–Kier alpha value is -3.59. The minimum absolute atomic E-state index is 0.251. The molecule has 0 radical (unpaired) electrons. The summed E-state index contributed by atoms with van der Waals surface area (Å²) in [6.45, 7) is 0.463. The van der Waals surface area contributed by atoms with Gasteiger partial charge in [0.2, 0.25) is 11.8 Å². The number of benzene rings is 2. The van der Waals surface area contributed by atoms with E-state index in [0.29, 0.717) is 37.1 Å². The molecule has 2 aromatic carbocycles. The lowest BCUT2D eigenvalue weighted by atomic mass is 10.0. The van der Waals surface area contributed by atoms with E-state index in [-0.39, 0.29) is 11.8 Å². The van der Waals surface area contributed by atoms with Gasteiger partial charge in [-0.05, 0) is 43.0 Å². The fraction of sp³-hybridized carbons (Fsp3) is 0.227. The van der Waals surface area contributed by atoms with Crippen LogP contribution in [0.2, 0.25) is 0 Å². The zero-order valence-electron chi connectivity index (χ0n) is 15.3. The molecule has 1 fully saturated rings. The number of hydrogen-bond donors (Lipinski definition) is 3. The van der Waals surface area contributed by atoms with Crippen LogP contribution in [0.4, 0.5) is 5.69 Å². The monoisotopic (exact) mass is 372 g/mol. The number of nitriles is 1. The molecule has 1 heterocycles. The lowest BCUT2D eigenvalue weighted by Gasteiger charge is -2.16. The Morgan fingerprint density at radius 3 is 2.61 bits per heavy atom. The Balaban J connectivity index is 1.37. The first kappa shape index (κ1) is 17.8. The highest BCUT2D eigenvalue weighted by Gasteiger charge is 2.56. The van der Waals surface area contributed by atoms with Crippen LogP contribution in [-0.4, -0.2) is 23.3 Å². The van der Waals surface area contributed by atoms with E-state index in [2.05, 4.69) is 15.6 Å². The van der Waals surface area contributed by atoms with Gasteiger partial charge in [0.15, 0.2) is 0 Å². The molecule has 1 aliphatic carbocycles. The molecule has 28 heavy (non-hydrogen) atoms. The van der Waals surface area contributed by atoms with Gasteiger partial charge in [-0.2, -0.15) is 5.26 Å². The van der Waals surface area contributed by atoms with Crippen molar-refractivity contribution in [2.75, 3.05) is 11.9 Å². The Labute approximate surface area is 162 Å². The molecule has 1 aliphatic rings. The number of carbonyl (C=O) groups excluding carboxylic acids is 2. The van der Waals surface area contributed by atoms with E-state index in [1.165, 1.54) is 0 Å². The lowest BCUT2D eigenvalue weighted by molar-refractivity contribution is -0.134. The van der Waals surface area contributed by atoms with Crippen LogP contribution in [0.15, 0.2) is 54.7 Å². The zero-order chi connectivity index (χ0) is 19.6. The van der Waals surface area contributed by atoms with Crippen molar-refractivity contribution >= 4 is 28.4 Å². The van der Waals surface area contributed by atoms with Gasteiger partial charge in [0.25, 0.3) is 0 Å². The van der Waals surface area contributed by atoms with E-state index in [1.807, 2.05) is 36.5 Å². The number of nitrogens with one attached hydrogen (secondary N) is 3. The predicted octanol–water partition coefficient (Wildman–Crippen LogP) is 3.12. The van der Waals surface area contributed by atoms with Gasteiger partial charge in [-0.25, -0.2) is 0 Å². The van der Waals surface area contributed by atoms with E-state index in [9.17, 15) is 9.59 Å². The number of para-hydroxylation sites is 2. The number of hydrogen-bond acceptors (Lipinski definition) is 3. The first-order valence-corrected chi connectivity index (χ1v) is 9.28. The lowest BCUT2D eigenvalue weighted by Crippen LogP contribution is -2.40. The highest BCUT2D eigenvalue weighted by atomic mass is 16.2. The van der Waals surface area contributed by atoms with Gasteiger partial charge in [0.1, 0.15) is 11.5 Å². The molecule has 0 saturated heterocycles. The highest BCUT2D eigenvalue weighted by Crippen LogP contribution is 2.47. The molecule has 3 N–H and O–H groups in total. The first-order chi connectivity index (χ1) is 13.6. The Morgan fingerprint density at radius 1 is 1.07 bits per heavy atom. The average molecular weight is 372 g/mol. The molecular weight excluding hydrogens is 352 g/mol. The van der Waals surface area contributed by atoms with Gasteiger partial charge in [-0.3, -0.25) is 9.59 Å². The van der Waals surface area contributed by atoms with Crippen molar-refractivity contribution in [1.29, 1.82) is 5.26 Å². The van der Waals surface area contributed by atoms with Crippen molar-refractivity contribution in [2.24, 2.45) is 5.41 Å². The summed E-state index contributed by atoms with van der Waals surface area (Å²) >= 11 is 0. The highest BCUT2D eigenvalue weighted by molar-refractivity contribution is 6.13. The van der Waals surface area contributed by atoms with E-state index in [0.717, 1.165) is 16.5 Å². The Kier molecular flexibility index (Phi) is 4.58. The minimum Gasteiger partial charge on any atom is -0.361 e. The third kappa shape index (κ3) is 3.23. The van der Waals surface area contributed by atoms with E-state index >= 15 is 0 Å². The van der Waals surface area contributed by atoms with Gasteiger partial charge < -0.3 is 15.6 Å². The molecule has 3 aromatic rings. The quantitative estimate of drug-likeness (QED) is 0.580. The average Bonchev–Trinajstić information content (AvgIpc) is 3.45. The number of carbonyl (C=O) groups is 2. The van der Waals surface area contributed by atoms with Crippen molar-refractivity contribution < 1.29 is 9.59 Å².